The van der Waals surface area contributed by atoms with Crippen LogP contribution < -0.4 is 20.5 Å². The van der Waals surface area contributed by atoms with Crippen LogP contribution >= 0.6 is 0 Å². The van der Waals surface area contributed by atoms with Crippen molar-refractivity contribution in [2.24, 2.45) is 0 Å². The largest absolute Gasteiger partial charge is 0.493 e. The normalized spacial score (nSPS) is 19.4. The Morgan fingerprint density at radius 3 is 2.63 bits per heavy atom. The summed E-state index contributed by atoms with van der Waals surface area (Å²) in [6.07, 6.45) is -2.32. The van der Waals surface area contributed by atoms with Crippen LogP contribution in [0.4, 0.5) is 24.7 Å². The van der Waals surface area contributed by atoms with Crippen LogP contribution in [0, 0.1) is 6.92 Å². The third kappa shape index (κ3) is 5.44. The quantitative estimate of drug-likeness (QED) is 0.394. The van der Waals surface area contributed by atoms with E-state index in [4.69, 9.17) is 19.9 Å². The smallest absolute Gasteiger partial charge is 0.416 e. The lowest BCUT2D eigenvalue weighted by Gasteiger charge is -2.38. The van der Waals surface area contributed by atoms with Crippen molar-refractivity contribution in [1.29, 1.82) is 0 Å². The van der Waals surface area contributed by atoms with Gasteiger partial charge in [-0.3, -0.25) is 4.90 Å². The molecule has 204 valence electrons. The average molecular weight is 532 g/mol. The van der Waals surface area contributed by atoms with E-state index in [0.29, 0.717) is 58.3 Å². The zero-order valence-electron chi connectivity index (χ0n) is 21.6. The van der Waals surface area contributed by atoms with Gasteiger partial charge in [0.05, 0.1) is 43.5 Å². The molecule has 8 nitrogen and oxygen atoms in total. The van der Waals surface area contributed by atoms with Crippen LogP contribution in [0.1, 0.15) is 42.8 Å². The second-order valence-electron chi connectivity index (χ2n) is 9.93. The molecule has 0 radical (unpaired) electrons. The number of hydrogen-bond acceptors (Lipinski definition) is 8. The van der Waals surface area contributed by atoms with Crippen LogP contribution in [0.3, 0.4) is 0 Å². The van der Waals surface area contributed by atoms with Gasteiger partial charge in [0.15, 0.2) is 11.5 Å². The van der Waals surface area contributed by atoms with Gasteiger partial charge in [0.1, 0.15) is 18.2 Å². The Morgan fingerprint density at radius 1 is 1.16 bits per heavy atom. The molecule has 3 N–H and O–H groups in total. The minimum absolute atomic E-state index is 0.0436. The number of fused-ring (bicyclic) bond motifs is 1. The number of nitrogens with zero attached hydrogens (tertiary/aromatic N) is 3. The van der Waals surface area contributed by atoms with Crippen LogP contribution in [-0.2, 0) is 10.9 Å². The van der Waals surface area contributed by atoms with Crippen molar-refractivity contribution >= 4 is 22.4 Å². The lowest BCUT2D eigenvalue weighted by molar-refractivity contribution is -0.137. The Labute approximate surface area is 219 Å². The highest BCUT2D eigenvalue weighted by molar-refractivity contribution is 5.92. The molecular formula is C27H32F3N5O3. The maximum atomic E-state index is 13.4. The SMILES string of the molecule is COc1cc2nc(C)nc(N[C@H](C)c3cc(N)cc(C(F)(F)F)c3)c2cc1OC[C@@H]1CCCN1C1COC1. The van der Waals surface area contributed by atoms with E-state index in [9.17, 15) is 13.2 Å². The molecule has 38 heavy (non-hydrogen) atoms. The maximum Gasteiger partial charge on any atom is 0.416 e. The molecule has 0 amide bonds. The highest BCUT2D eigenvalue weighted by Crippen LogP contribution is 2.37. The van der Waals surface area contributed by atoms with Crippen molar-refractivity contribution in [3.8, 4) is 11.5 Å². The number of methoxy groups -OCH3 is 1. The molecule has 0 saturated carbocycles. The minimum Gasteiger partial charge on any atom is -0.493 e. The van der Waals surface area contributed by atoms with Gasteiger partial charge in [0, 0.05) is 23.2 Å². The molecule has 2 fully saturated rings. The second kappa shape index (κ2) is 10.5. The first-order valence-electron chi connectivity index (χ1n) is 12.7. The lowest BCUT2D eigenvalue weighted by Crippen LogP contribution is -2.52. The van der Waals surface area contributed by atoms with E-state index >= 15 is 0 Å². The van der Waals surface area contributed by atoms with Gasteiger partial charge < -0.3 is 25.3 Å². The van der Waals surface area contributed by atoms with Crippen molar-refractivity contribution in [2.75, 3.05) is 44.5 Å². The highest BCUT2D eigenvalue weighted by atomic mass is 19.4. The number of halogens is 3. The van der Waals surface area contributed by atoms with Crippen LogP contribution in [0.2, 0.25) is 0 Å². The molecule has 3 heterocycles. The van der Waals surface area contributed by atoms with Gasteiger partial charge in [0.2, 0.25) is 0 Å². The van der Waals surface area contributed by atoms with Crippen molar-refractivity contribution in [3.05, 3.63) is 47.3 Å². The van der Waals surface area contributed by atoms with Crippen molar-refractivity contribution in [3.63, 3.8) is 0 Å². The number of nitrogen functional groups attached to an aromatic ring is 1. The number of benzene rings is 2. The first-order valence-corrected chi connectivity index (χ1v) is 12.7. The molecule has 5 rings (SSSR count). The van der Waals surface area contributed by atoms with Gasteiger partial charge in [-0.1, -0.05) is 0 Å². The summed E-state index contributed by atoms with van der Waals surface area (Å²) in [5.74, 6) is 2.10. The number of nitrogens with one attached hydrogen (secondary N) is 1. The number of aryl methyl sites for hydroxylation is 1. The van der Waals surface area contributed by atoms with Gasteiger partial charge in [-0.05, 0) is 63.1 Å². The first kappa shape index (κ1) is 26.3. The standard InChI is InChI=1S/C27H32F3N5O3/c1-15(17-7-18(27(28,29)30)9-19(31)8-17)32-26-22-10-25(24(36-3)11-23(22)33-16(2)34-26)38-14-20-5-4-6-35(20)21-12-37-13-21/h7-11,15,20-21H,4-6,12-14,31H2,1-3H3,(H,32,33,34)/t15-,20+/m1/s1. The Hall–Kier alpha value is -3.31. The number of ether oxygens (including phenoxy) is 3. The van der Waals surface area contributed by atoms with Gasteiger partial charge >= 0.3 is 6.18 Å². The summed E-state index contributed by atoms with van der Waals surface area (Å²) in [7, 11) is 1.58. The third-order valence-corrected chi connectivity index (χ3v) is 7.19. The fourth-order valence-electron chi connectivity index (χ4n) is 5.13. The van der Waals surface area contributed by atoms with Gasteiger partial charge in [-0.15, -0.1) is 0 Å². The van der Waals surface area contributed by atoms with Crippen molar-refractivity contribution < 1.29 is 27.4 Å². The number of anilines is 2. The monoisotopic (exact) mass is 531 g/mol. The number of rotatable bonds is 8. The summed E-state index contributed by atoms with van der Waals surface area (Å²) in [5, 5.41) is 3.93. The van der Waals surface area contributed by atoms with Gasteiger partial charge in [-0.25, -0.2) is 9.97 Å². The number of aromatic nitrogens is 2. The molecule has 2 aliphatic rings. The molecule has 0 aliphatic carbocycles. The minimum atomic E-state index is -4.49. The Morgan fingerprint density at radius 2 is 1.95 bits per heavy atom. The molecule has 0 bridgehead atoms. The van der Waals surface area contributed by atoms with E-state index in [2.05, 4.69) is 20.2 Å². The Balaban J connectivity index is 1.42. The van der Waals surface area contributed by atoms with Crippen LogP contribution in [0.25, 0.3) is 10.9 Å². The molecular weight excluding hydrogens is 499 g/mol. The summed E-state index contributed by atoms with van der Waals surface area (Å²) < 4.78 is 57.3. The first-order chi connectivity index (χ1) is 18.1. The van der Waals surface area contributed by atoms with E-state index in [1.54, 1.807) is 27.0 Å². The van der Waals surface area contributed by atoms with E-state index in [1.807, 2.05) is 6.07 Å². The molecule has 11 heteroatoms. The average Bonchev–Trinajstić information content (AvgIpc) is 3.27. The zero-order chi connectivity index (χ0) is 27.0. The predicted octanol–water partition coefficient (Wildman–Crippen LogP) is 4.96. The molecule has 1 aromatic heterocycles. The van der Waals surface area contributed by atoms with Crippen LogP contribution in [0.15, 0.2) is 30.3 Å². The fourth-order valence-corrected chi connectivity index (χ4v) is 5.13. The van der Waals surface area contributed by atoms with Crippen LogP contribution in [-0.4, -0.2) is 60.4 Å². The number of likely N-dealkylation sites (tertiary alicyclic amines) is 1. The molecule has 3 aromatic rings. The highest BCUT2D eigenvalue weighted by Gasteiger charge is 2.35. The summed E-state index contributed by atoms with van der Waals surface area (Å²) >= 11 is 0. The molecule has 0 spiro atoms. The lowest BCUT2D eigenvalue weighted by atomic mass is 10.0. The molecule has 0 unspecified atom stereocenters. The molecule has 2 aromatic carbocycles. The maximum absolute atomic E-state index is 13.4. The van der Waals surface area contributed by atoms with Crippen molar-refractivity contribution in [2.45, 2.75) is 51.0 Å². The zero-order valence-corrected chi connectivity index (χ0v) is 21.6. The summed E-state index contributed by atoms with van der Waals surface area (Å²) in [4.78, 5) is 11.6. The number of alkyl halides is 3. The molecule has 2 aliphatic heterocycles. The molecule has 2 saturated heterocycles. The Kier molecular flexibility index (Phi) is 7.23. The van der Waals surface area contributed by atoms with E-state index < -0.39 is 17.8 Å². The molecule has 2 atom stereocenters. The Bertz CT molecular complexity index is 1320. The third-order valence-electron chi connectivity index (χ3n) is 7.19. The van der Waals surface area contributed by atoms with Gasteiger partial charge in [-0.2, -0.15) is 13.2 Å². The number of nitrogens with two attached hydrogens (primary N) is 1. The van der Waals surface area contributed by atoms with E-state index in [-0.39, 0.29) is 5.69 Å². The predicted molar refractivity (Wildman–Crippen MR) is 139 cm³/mol. The van der Waals surface area contributed by atoms with E-state index in [1.165, 1.54) is 6.07 Å². The van der Waals surface area contributed by atoms with Crippen molar-refractivity contribution in [1.82, 2.24) is 14.9 Å². The second-order valence-corrected chi connectivity index (χ2v) is 9.93. The summed E-state index contributed by atoms with van der Waals surface area (Å²) in [6.45, 7) is 6.59. The van der Waals surface area contributed by atoms with Crippen LogP contribution in [0.5, 0.6) is 11.5 Å². The fraction of sp³-hybridized carbons (Fsp3) is 0.481. The summed E-state index contributed by atoms with van der Waals surface area (Å²) in [6, 6.07) is 7.41. The summed E-state index contributed by atoms with van der Waals surface area (Å²) in [5.41, 5.74) is 6.07. The topological polar surface area (TPSA) is 94.8 Å². The number of hydrogen-bond donors (Lipinski definition) is 2. The van der Waals surface area contributed by atoms with E-state index in [0.717, 1.165) is 44.7 Å². The van der Waals surface area contributed by atoms with Gasteiger partial charge in [0.25, 0.3) is 0 Å².